The normalized spacial score (nSPS) is 19.8. The zero-order chi connectivity index (χ0) is 17.8. The van der Waals surface area contributed by atoms with Gasteiger partial charge in [0.25, 0.3) is 0 Å². The Kier molecular flexibility index (Phi) is 5.81. The largest absolute Gasteiger partial charge is 0.339 e. The van der Waals surface area contributed by atoms with E-state index in [0.717, 1.165) is 32.2 Å². The van der Waals surface area contributed by atoms with Crippen LogP contribution in [0.4, 0.5) is 0 Å². The van der Waals surface area contributed by atoms with Gasteiger partial charge in [0.2, 0.25) is 5.91 Å². The molecular weight excluding hydrogens is 340 g/mol. The Labute approximate surface area is 160 Å². The number of rotatable bonds is 4. The summed E-state index contributed by atoms with van der Waals surface area (Å²) in [4.78, 5) is 18.5. The number of benzene rings is 2. The van der Waals surface area contributed by atoms with Gasteiger partial charge in [0.05, 0.1) is 5.75 Å². The second kappa shape index (κ2) is 8.45. The van der Waals surface area contributed by atoms with Crippen LogP contribution in [0.1, 0.15) is 32.1 Å². The summed E-state index contributed by atoms with van der Waals surface area (Å²) in [6.45, 7) is 3.90. The first-order chi connectivity index (χ1) is 12.8. The molecule has 0 spiro atoms. The van der Waals surface area contributed by atoms with E-state index in [9.17, 15) is 4.79 Å². The summed E-state index contributed by atoms with van der Waals surface area (Å²) in [5.74, 6) is 0.827. The molecule has 4 rings (SSSR count). The SMILES string of the molecule is O=C(CSc1ccc2ccccc2c1)N1CCN(C2CCCCC2)CC1. The molecule has 1 aliphatic heterocycles. The third kappa shape index (κ3) is 4.24. The third-order valence-corrected chi connectivity index (χ3v) is 6.82. The van der Waals surface area contributed by atoms with Crippen molar-refractivity contribution in [3.63, 3.8) is 0 Å². The van der Waals surface area contributed by atoms with Crippen LogP contribution in [0.15, 0.2) is 47.4 Å². The van der Waals surface area contributed by atoms with Crippen molar-refractivity contribution in [2.75, 3.05) is 31.9 Å². The maximum Gasteiger partial charge on any atom is 0.233 e. The van der Waals surface area contributed by atoms with E-state index in [2.05, 4.69) is 52.3 Å². The molecule has 138 valence electrons. The average molecular weight is 369 g/mol. The Morgan fingerprint density at radius 1 is 0.923 bits per heavy atom. The number of hydrogen-bond acceptors (Lipinski definition) is 3. The van der Waals surface area contributed by atoms with Crippen LogP contribution in [0.5, 0.6) is 0 Å². The number of fused-ring (bicyclic) bond motifs is 1. The van der Waals surface area contributed by atoms with Crippen LogP contribution in [0.3, 0.4) is 0 Å². The van der Waals surface area contributed by atoms with E-state index in [1.165, 1.54) is 47.8 Å². The average Bonchev–Trinajstić information content (AvgIpc) is 2.72. The van der Waals surface area contributed by atoms with Gasteiger partial charge < -0.3 is 4.90 Å². The summed E-state index contributed by atoms with van der Waals surface area (Å²) < 4.78 is 0. The molecular formula is C22H28N2OS. The summed E-state index contributed by atoms with van der Waals surface area (Å²) in [7, 11) is 0. The quantitative estimate of drug-likeness (QED) is 0.747. The Morgan fingerprint density at radius 2 is 1.65 bits per heavy atom. The van der Waals surface area contributed by atoms with Gasteiger partial charge in [0.1, 0.15) is 0 Å². The topological polar surface area (TPSA) is 23.6 Å². The molecule has 1 saturated heterocycles. The molecule has 0 atom stereocenters. The Morgan fingerprint density at radius 3 is 2.42 bits per heavy atom. The number of amides is 1. The highest BCUT2D eigenvalue weighted by Gasteiger charge is 2.26. The van der Waals surface area contributed by atoms with Crippen molar-refractivity contribution < 1.29 is 4.79 Å². The van der Waals surface area contributed by atoms with Crippen LogP contribution in [-0.4, -0.2) is 53.7 Å². The number of thioether (sulfide) groups is 1. The summed E-state index contributed by atoms with van der Waals surface area (Å²) in [5, 5.41) is 2.49. The van der Waals surface area contributed by atoms with E-state index < -0.39 is 0 Å². The molecule has 2 fully saturated rings. The molecule has 2 aliphatic rings. The highest BCUT2D eigenvalue weighted by molar-refractivity contribution is 8.00. The molecule has 2 aromatic rings. The van der Waals surface area contributed by atoms with Crippen LogP contribution in [0.2, 0.25) is 0 Å². The molecule has 1 saturated carbocycles. The Hall–Kier alpha value is -1.52. The predicted molar refractivity (Wildman–Crippen MR) is 110 cm³/mol. The van der Waals surface area contributed by atoms with Crippen LogP contribution in [-0.2, 0) is 4.79 Å². The lowest BCUT2D eigenvalue weighted by molar-refractivity contribution is -0.130. The van der Waals surface area contributed by atoms with Crippen LogP contribution in [0.25, 0.3) is 10.8 Å². The molecule has 2 aromatic carbocycles. The van der Waals surface area contributed by atoms with Crippen molar-refractivity contribution in [3.05, 3.63) is 42.5 Å². The van der Waals surface area contributed by atoms with Gasteiger partial charge in [-0.1, -0.05) is 49.6 Å². The van der Waals surface area contributed by atoms with Gasteiger partial charge in [-0.05, 0) is 35.7 Å². The van der Waals surface area contributed by atoms with Crippen molar-refractivity contribution in [3.8, 4) is 0 Å². The van der Waals surface area contributed by atoms with Crippen LogP contribution >= 0.6 is 11.8 Å². The first-order valence-corrected chi connectivity index (χ1v) is 10.9. The minimum Gasteiger partial charge on any atom is -0.339 e. The van der Waals surface area contributed by atoms with Crippen molar-refractivity contribution in [1.29, 1.82) is 0 Å². The summed E-state index contributed by atoms with van der Waals surface area (Å²) in [5.41, 5.74) is 0. The first-order valence-electron chi connectivity index (χ1n) is 9.93. The number of hydrogen-bond donors (Lipinski definition) is 0. The fraction of sp³-hybridized carbons (Fsp3) is 0.500. The van der Waals surface area contributed by atoms with Crippen molar-refractivity contribution in [1.82, 2.24) is 9.80 Å². The van der Waals surface area contributed by atoms with Crippen molar-refractivity contribution in [2.24, 2.45) is 0 Å². The standard InChI is InChI=1S/C22H28N2OS/c25-22(17-26-21-11-10-18-6-4-5-7-19(18)16-21)24-14-12-23(13-15-24)20-8-2-1-3-9-20/h4-7,10-11,16,20H,1-3,8-9,12-15,17H2. The molecule has 0 N–H and O–H groups in total. The molecule has 0 bridgehead atoms. The predicted octanol–water partition coefficient (Wildman–Crippen LogP) is 4.41. The van der Waals surface area contributed by atoms with E-state index in [1.54, 1.807) is 11.8 Å². The molecule has 3 nitrogen and oxygen atoms in total. The fourth-order valence-corrected chi connectivity index (χ4v) is 5.12. The minimum absolute atomic E-state index is 0.284. The lowest BCUT2D eigenvalue weighted by atomic mass is 9.94. The molecule has 1 amide bonds. The third-order valence-electron chi connectivity index (χ3n) is 5.84. The maximum absolute atomic E-state index is 12.6. The van der Waals surface area contributed by atoms with Gasteiger partial charge in [0, 0.05) is 37.1 Å². The molecule has 0 aromatic heterocycles. The van der Waals surface area contributed by atoms with E-state index in [-0.39, 0.29) is 5.91 Å². The molecule has 1 heterocycles. The van der Waals surface area contributed by atoms with Gasteiger partial charge in [-0.15, -0.1) is 11.8 Å². The lowest BCUT2D eigenvalue weighted by Gasteiger charge is -2.40. The lowest BCUT2D eigenvalue weighted by Crippen LogP contribution is -2.52. The van der Waals surface area contributed by atoms with Gasteiger partial charge in [-0.25, -0.2) is 0 Å². The van der Waals surface area contributed by atoms with Gasteiger partial charge in [-0.3, -0.25) is 9.69 Å². The fourth-order valence-electron chi connectivity index (χ4n) is 4.28. The maximum atomic E-state index is 12.6. The van der Waals surface area contributed by atoms with Crippen molar-refractivity contribution >= 4 is 28.4 Å². The van der Waals surface area contributed by atoms with Crippen LogP contribution < -0.4 is 0 Å². The minimum atomic E-state index is 0.284. The molecule has 1 aliphatic carbocycles. The van der Waals surface area contributed by atoms with E-state index >= 15 is 0 Å². The molecule has 4 heteroatoms. The number of carbonyl (C=O) groups excluding carboxylic acids is 1. The Bertz CT molecular complexity index is 749. The highest BCUT2D eigenvalue weighted by Crippen LogP contribution is 2.25. The highest BCUT2D eigenvalue weighted by atomic mass is 32.2. The van der Waals surface area contributed by atoms with E-state index in [1.807, 2.05) is 0 Å². The summed E-state index contributed by atoms with van der Waals surface area (Å²) in [6.07, 6.45) is 6.87. The second-order valence-electron chi connectivity index (χ2n) is 7.51. The number of carbonyl (C=O) groups is 1. The summed E-state index contributed by atoms with van der Waals surface area (Å²) in [6, 6.07) is 15.6. The van der Waals surface area contributed by atoms with Gasteiger partial charge >= 0.3 is 0 Å². The molecule has 0 unspecified atom stereocenters. The monoisotopic (exact) mass is 368 g/mol. The summed E-state index contributed by atoms with van der Waals surface area (Å²) >= 11 is 1.66. The van der Waals surface area contributed by atoms with E-state index in [4.69, 9.17) is 0 Å². The number of nitrogens with zero attached hydrogens (tertiary/aromatic N) is 2. The van der Waals surface area contributed by atoms with Gasteiger partial charge in [0.15, 0.2) is 0 Å². The zero-order valence-electron chi connectivity index (χ0n) is 15.4. The molecule has 26 heavy (non-hydrogen) atoms. The van der Waals surface area contributed by atoms with Crippen molar-refractivity contribution in [2.45, 2.75) is 43.0 Å². The van der Waals surface area contributed by atoms with Crippen LogP contribution in [0, 0.1) is 0 Å². The van der Waals surface area contributed by atoms with Gasteiger partial charge in [-0.2, -0.15) is 0 Å². The second-order valence-corrected chi connectivity index (χ2v) is 8.55. The first kappa shape index (κ1) is 17.9. The Balaban J connectivity index is 1.27. The molecule has 0 radical (unpaired) electrons. The number of piperazine rings is 1. The smallest absolute Gasteiger partial charge is 0.233 e. The van der Waals surface area contributed by atoms with E-state index in [0.29, 0.717) is 5.75 Å². The zero-order valence-corrected chi connectivity index (χ0v) is 16.2.